The summed E-state index contributed by atoms with van der Waals surface area (Å²) >= 11 is 0. The van der Waals surface area contributed by atoms with Crippen LogP contribution in [0.2, 0.25) is 0 Å². The van der Waals surface area contributed by atoms with Gasteiger partial charge in [0.05, 0.1) is 55.8 Å². The lowest BCUT2D eigenvalue weighted by Crippen LogP contribution is -2.72. The summed E-state index contributed by atoms with van der Waals surface area (Å²) in [6, 6.07) is 0. The van der Waals surface area contributed by atoms with Crippen molar-refractivity contribution >= 4 is 17.9 Å². The number of carbonyl (C=O) groups excluding carboxylic acids is 2. The summed E-state index contributed by atoms with van der Waals surface area (Å²) < 4.78 is 60.0. The van der Waals surface area contributed by atoms with Crippen LogP contribution in [0.4, 0.5) is 0 Å². The minimum Gasteiger partial charge on any atom is -0.479 e. The predicted molar refractivity (Wildman–Crippen MR) is 279 cm³/mol. The topological polar surface area (TPSA) is 407 Å². The molecule has 9 aliphatic rings. The first-order chi connectivity index (χ1) is 38.7. The predicted octanol–water partition coefficient (Wildman–Crippen LogP) is -1.75. The van der Waals surface area contributed by atoms with Crippen molar-refractivity contribution in [2.24, 2.45) is 50.2 Å². The second-order valence-electron chi connectivity index (χ2n) is 27.2. The molecule has 4 saturated carbocycles. The molecular formula is C57H90O26. The van der Waals surface area contributed by atoms with Crippen LogP contribution < -0.4 is 0 Å². The zero-order valence-electron chi connectivity index (χ0n) is 48.8. The zero-order valence-corrected chi connectivity index (χ0v) is 48.8. The quantitative estimate of drug-likeness (QED) is 0.0521. The van der Waals surface area contributed by atoms with Crippen LogP contribution in [0.3, 0.4) is 0 Å². The largest absolute Gasteiger partial charge is 0.479 e. The van der Waals surface area contributed by atoms with Crippen molar-refractivity contribution in [2.45, 2.75) is 255 Å². The average Bonchev–Trinajstić information content (AvgIpc) is 1.12. The first kappa shape index (κ1) is 64.8. The summed E-state index contributed by atoms with van der Waals surface area (Å²) in [6.07, 6.45) is -31.0. The van der Waals surface area contributed by atoms with E-state index in [0.29, 0.717) is 38.5 Å². The van der Waals surface area contributed by atoms with Crippen LogP contribution in [0.25, 0.3) is 0 Å². The van der Waals surface area contributed by atoms with Gasteiger partial charge >= 0.3 is 17.9 Å². The Balaban J connectivity index is 0.991. The monoisotopic (exact) mass is 1190 g/mol. The number of carboxylic acid groups (broad SMARTS) is 1. The summed E-state index contributed by atoms with van der Waals surface area (Å²) in [5.41, 5.74) is -3.72. The van der Waals surface area contributed by atoms with E-state index < -0.39 is 217 Å². The van der Waals surface area contributed by atoms with Crippen molar-refractivity contribution in [1.82, 2.24) is 0 Å². The zero-order chi connectivity index (χ0) is 61.2. The molecule has 83 heavy (non-hydrogen) atoms. The molecule has 30 atom stereocenters. The third kappa shape index (κ3) is 10.5. The van der Waals surface area contributed by atoms with Gasteiger partial charge in [0.15, 0.2) is 43.5 Å². The maximum Gasteiger partial charge on any atom is 0.335 e. The maximum atomic E-state index is 12.9. The fourth-order valence-electron chi connectivity index (χ4n) is 17.4. The third-order valence-corrected chi connectivity index (χ3v) is 21.9. The van der Waals surface area contributed by atoms with E-state index in [9.17, 15) is 80.8 Å². The Hall–Kier alpha value is -2.65. The lowest BCUT2D eigenvalue weighted by atomic mass is 9.33. The minimum absolute atomic E-state index is 0.00415. The highest BCUT2D eigenvalue weighted by molar-refractivity contribution is 5.73. The molecule has 0 bridgehead atoms. The summed E-state index contributed by atoms with van der Waals surface area (Å²) in [5, 5.41) is 145. The minimum atomic E-state index is -2.12. The van der Waals surface area contributed by atoms with Gasteiger partial charge in [-0.1, -0.05) is 60.1 Å². The number of carboxylic acids is 1. The Labute approximate surface area is 481 Å². The van der Waals surface area contributed by atoms with E-state index in [2.05, 4.69) is 26.8 Å². The summed E-state index contributed by atoms with van der Waals surface area (Å²) in [4.78, 5) is 37.2. The van der Waals surface area contributed by atoms with E-state index in [1.165, 1.54) is 6.92 Å². The molecule has 0 spiro atoms. The van der Waals surface area contributed by atoms with Gasteiger partial charge in [-0.3, -0.25) is 9.59 Å². The lowest BCUT2D eigenvalue weighted by molar-refractivity contribution is -0.386. The molecular weight excluding hydrogens is 1100 g/mol. The van der Waals surface area contributed by atoms with Gasteiger partial charge in [0.2, 0.25) is 0 Å². The number of aliphatic carboxylic acids is 1. The van der Waals surface area contributed by atoms with Crippen molar-refractivity contribution in [2.75, 3.05) is 19.8 Å². The lowest BCUT2D eigenvalue weighted by Gasteiger charge is -2.72. The number of aliphatic hydroxyl groups is 12. The highest BCUT2D eigenvalue weighted by Gasteiger charge is 2.73. The molecule has 9 rings (SSSR count). The number of esters is 2. The molecule has 3 unspecified atom stereocenters. The Morgan fingerprint density at radius 2 is 1.17 bits per heavy atom. The van der Waals surface area contributed by atoms with Gasteiger partial charge in [0.25, 0.3) is 0 Å². The molecule has 8 fully saturated rings. The maximum absolute atomic E-state index is 12.9. The van der Waals surface area contributed by atoms with Gasteiger partial charge in [-0.2, -0.15) is 0 Å². The van der Waals surface area contributed by atoms with Crippen molar-refractivity contribution < 1.29 is 128 Å². The number of ether oxygens (including phenoxy) is 10. The molecule has 26 nitrogen and oxygen atoms in total. The Kier molecular flexibility index (Phi) is 18.3. The van der Waals surface area contributed by atoms with E-state index in [0.717, 1.165) is 12.5 Å². The van der Waals surface area contributed by atoms with Crippen molar-refractivity contribution in [3.63, 3.8) is 0 Å². The molecule has 474 valence electrons. The first-order valence-electron chi connectivity index (χ1n) is 29.2. The molecule has 0 radical (unpaired) electrons. The number of rotatable bonds is 14. The van der Waals surface area contributed by atoms with Crippen LogP contribution in [0.15, 0.2) is 11.6 Å². The molecule has 5 aliphatic carbocycles. The van der Waals surface area contributed by atoms with Gasteiger partial charge in [0, 0.05) is 13.8 Å². The fourth-order valence-corrected chi connectivity index (χ4v) is 17.4. The van der Waals surface area contributed by atoms with Gasteiger partial charge in [-0.05, 0) is 96.7 Å². The van der Waals surface area contributed by atoms with Crippen LogP contribution in [0.1, 0.15) is 114 Å². The van der Waals surface area contributed by atoms with Crippen LogP contribution in [0, 0.1) is 50.2 Å². The molecule has 4 aliphatic heterocycles. The van der Waals surface area contributed by atoms with Gasteiger partial charge in [0.1, 0.15) is 67.1 Å². The number of hydrogen-bond donors (Lipinski definition) is 13. The summed E-state index contributed by atoms with van der Waals surface area (Å²) in [5.74, 6) is -3.73. The molecule has 0 amide bonds. The van der Waals surface area contributed by atoms with E-state index >= 15 is 0 Å². The van der Waals surface area contributed by atoms with Crippen LogP contribution >= 0.6 is 0 Å². The second-order valence-corrected chi connectivity index (χ2v) is 27.2. The Bertz CT molecular complexity index is 2390. The molecule has 4 heterocycles. The van der Waals surface area contributed by atoms with Crippen LogP contribution in [-0.4, -0.2) is 245 Å². The summed E-state index contributed by atoms with van der Waals surface area (Å²) in [7, 11) is 0. The molecule has 0 aromatic heterocycles. The Morgan fingerprint density at radius 3 is 1.75 bits per heavy atom. The number of aliphatic hydroxyl groups excluding tert-OH is 12. The smallest absolute Gasteiger partial charge is 0.335 e. The second kappa shape index (κ2) is 23.4. The summed E-state index contributed by atoms with van der Waals surface area (Å²) in [6.45, 7) is 16.3. The Morgan fingerprint density at radius 1 is 0.602 bits per heavy atom. The number of carbonyl (C=O) groups is 3. The normalized spacial score (nSPS) is 52.0. The van der Waals surface area contributed by atoms with Crippen LogP contribution in [-0.2, 0) is 61.8 Å². The van der Waals surface area contributed by atoms with Gasteiger partial charge in [-0.15, -0.1) is 0 Å². The van der Waals surface area contributed by atoms with Crippen molar-refractivity contribution in [1.29, 1.82) is 0 Å². The van der Waals surface area contributed by atoms with E-state index in [1.807, 2.05) is 27.7 Å². The SMILES string of the molecule is CC(=O)O[C@@H]1[C@@H](OC(C)=O)[C@@H](O)[C@H](O[C@H]2[C@H](O)[C@@]3(CO)C(CC2(C)C)C2=CCC4[C@@]5(C)CC[C@H](O[C@@H]6O[C@H](C(=O)O)[C@@H](O)[C@H](O[C@@H]7O[C@@H](CO)[C@H](O)[C@H]7O)[C@H]6O[C@@H]6O[C@H](CO)[C@H](O)[C@H](O)[C@H]6O)C(C)(C)C5CC[C@@]4(C)[C@]2(C)C[C@H]3O)O[C@H]1C. The highest BCUT2D eigenvalue weighted by atomic mass is 16.8. The highest BCUT2D eigenvalue weighted by Crippen LogP contribution is 2.76. The third-order valence-electron chi connectivity index (χ3n) is 21.9. The van der Waals surface area contributed by atoms with Gasteiger partial charge < -0.3 is 114 Å². The van der Waals surface area contributed by atoms with Crippen molar-refractivity contribution in [3.8, 4) is 0 Å². The molecule has 4 saturated heterocycles. The van der Waals surface area contributed by atoms with Gasteiger partial charge in [-0.25, -0.2) is 4.79 Å². The fraction of sp³-hybridized carbons (Fsp3) is 0.912. The first-order valence-corrected chi connectivity index (χ1v) is 29.2. The molecule has 13 N–H and O–H groups in total. The average molecular weight is 1190 g/mol. The van der Waals surface area contributed by atoms with E-state index in [-0.39, 0.29) is 18.3 Å². The standard InChI is InChI=1S/C57H90O26/c1-22-40(75-23(2)61)42(76-24(3)62)39(70)50(74-22)83-46-45(71)57(21-60)26(17-52(46,4)5)25-11-12-30-54(8)15-14-32(53(6,7)29(54)13-16-55(30,9)56(25,10)18-31(57)63)79-51-44(82-49-37(68)35(66)33(64)27(19-58)77-49)41(38(69)43(81-51)47(72)73)80-48-36(67)34(65)28(20-59)78-48/h11,22,26-46,48-51,58-60,63-71H,12-21H2,1-10H3,(H,72,73)/t22-,26?,27+,28-,29?,30?,31+,32-,33-,34-,35-,36+,37+,38-,39+,40-,41-,42-,43-,44+,45-,46-,48-,49-,50-,51+,54-,55+,56+,57-/m0/s1. The molecule has 0 aromatic rings. The van der Waals surface area contributed by atoms with Crippen molar-refractivity contribution in [3.05, 3.63) is 11.6 Å². The van der Waals surface area contributed by atoms with Crippen LogP contribution in [0.5, 0.6) is 0 Å². The van der Waals surface area contributed by atoms with E-state index in [4.69, 9.17) is 47.4 Å². The number of fused-ring (bicyclic) bond motifs is 7. The number of allylic oxidation sites excluding steroid dienone is 2. The molecule has 0 aromatic carbocycles. The molecule has 26 heteroatoms. The number of hydrogen-bond acceptors (Lipinski definition) is 25. The van der Waals surface area contributed by atoms with E-state index in [1.54, 1.807) is 6.92 Å².